The first kappa shape index (κ1) is 15.1. The fraction of sp³-hybridized carbons (Fsp3) is 0.188. The zero-order valence-electron chi connectivity index (χ0n) is 12.1. The van der Waals surface area contributed by atoms with Crippen molar-refractivity contribution in [1.29, 1.82) is 0 Å². The molecule has 2 unspecified atom stereocenters. The predicted octanol–water partition coefficient (Wildman–Crippen LogP) is 2.03. The molecule has 0 saturated heterocycles. The molecule has 2 atom stereocenters. The van der Waals surface area contributed by atoms with Crippen LogP contribution in [0.4, 0.5) is 5.69 Å². The van der Waals surface area contributed by atoms with Crippen molar-refractivity contribution in [2.75, 3.05) is 7.11 Å². The molecule has 0 spiro atoms. The van der Waals surface area contributed by atoms with E-state index in [1.807, 2.05) is 0 Å². The van der Waals surface area contributed by atoms with E-state index in [0.717, 1.165) is 0 Å². The highest BCUT2D eigenvalue weighted by Gasteiger charge is 2.51. The van der Waals surface area contributed by atoms with Crippen molar-refractivity contribution in [2.45, 2.75) is 11.9 Å². The highest BCUT2D eigenvalue weighted by atomic mass is 16.7. The fourth-order valence-corrected chi connectivity index (χ4v) is 2.60. The minimum Gasteiger partial charge on any atom is -0.454 e. The molecule has 3 rings (SSSR count). The number of hydrogen-bond donors (Lipinski definition) is 1. The normalized spacial score (nSPS) is 23.0. The zero-order chi connectivity index (χ0) is 16.6. The van der Waals surface area contributed by atoms with Gasteiger partial charge in [-0.1, -0.05) is 12.1 Å². The first-order chi connectivity index (χ1) is 11.0. The second-order valence-corrected chi connectivity index (χ2v) is 5.04. The molecular weight excluding hydrogens is 302 g/mol. The Balaban J connectivity index is 2.10. The molecule has 1 N–H and O–H groups in total. The average Bonchev–Trinajstić information content (AvgIpc) is 2.58. The van der Waals surface area contributed by atoms with Crippen LogP contribution in [0.3, 0.4) is 0 Å². The maximum absolute atomic E-state index is 12.4. The van der Waals surface area contributed by atoms with Crippen molar-refractivity contribution in [3.63, 3.8) is 0 Å². The van der Waals surface area contributed by atoms with Crippen molar-refractivity contribution < 1.29 is 24.3 Å². The van der Waals surface area contributed by atoms with Gasteiger partial charge in [-0.25, -0.2) is 0 Å². The van der Waals surface area contributed by atoms with Gasteiger partial charge < -0.3 is 14.6 Å². The number of aliphatic hydroxyl groups excluding tert-OH is 1. The van der Waals surface area contributed by atoms with Crippen molar-refractivity contribution in [3.8, 4) is 5.75 Å². The van der Waals surface area contributed by atoms with Gasteiger partial charge in [0.05, 0.1) is 10.5 Å². The van der Waals surface area contributed by atoms with E-state index in [9.17, 15) is 20.0 Å². The lowest BCUT2D eigenvalue weighted by molar-refractivity contribution is -0.384. The fourth-order valence-electron chi connectivity index (χ4n) is 2.60. The third kappa shape index (κ3) is 2.26. The summed E-state index contributed by atoms with van der Waals surface area (Å²) in [6, 6.07) is 11.8. The van der Waals surface area contributed by atoms with Crippen LogP contribution >= 0.6 is 0 Å². The summed E-state index contributed by atoms with van der Waals surface area (Å²) in [6.07, 6.45) is -1.59. The lowest BCUT2D eigenvalue weighted by Gasteiger charge is -2.40. The molecule has 23 heavy (non-hydrogen) atoms. The molecule has 2 aromatic carbocycles. The number of hydrogen-bond acceptors (Lipinski definition) is 6. The molecule has 7 heteroatoms. The second-order valence-electron chi connectivity index (χ2n) is 5.04. The van der Waals surface area contributed by atoms with Gasteiger partial charge >= 0.3 is 0 Å². The monoisotopic (exact) mass is 315 g/mol. The van der Waals surface area contributed by atoms with Gasteiger partial charge in [-0.2, -0.15) is 0 Å². The largest absolute Gasteiger partial charge is 0.454 e. The number of ether oxygens (including phenoxy) is 2. The molecule has 1 aliphatic heterocycles. The number of ketones is 1. The Morgan fingerprint density at radius 1 is 1.22 bits per heavy atom. The van der Waals surface area contributed by atoms with Crippen LogP contribution in [0.5, 0.6) is 5.75 Å². The SMILES string of the molecule is COC1(c2ccc([N+](=O)[O-])cc2)Oc2ccccc2C(=O)C1O. The molecule has 118 valence electrons. The van der Waals surface area contributed by atoms with E-state index in [2.05, 4.69) is 0 Å². The van der Waals surface area contributed by atoms with Crippen LogP contribution in [0, 0.1) is 10.1 Å². The number of nitro benzene ring substituents is 1. The Labute approximate surface area is 131 Å². The smallest absolute Gasteiger partial charge is 0.270 e. The highest BCUT2D eigenvalue weighted by Crippen LogP contribution is 2.40. The van der Waals surface area contributed by atoms with Crippen LogP contribution in [0.25, 0.3) is 0 Å². The van der Waals surface area contributed by atoms with Crippen LogP contribution < -0.4 is 4.74 Å². The summed E-state index contributed by atoms with van der Waals surface area (Å²) in [6.45, 7) is 0. The summed E-state index contributed by atoms with van der Waals surface area (Å²) in [5.74, 6) is -2.00. The molecule has 1 aliphatic rings. The Morgan fingerprint density at radius 3 is 2.48 bits per heavy atom. The summed E-state index contributed by atoms with van der Waals surface area (Å²) >= 11 is 0. The minimum absolute atomic E-state index is 0.114. The topological polar surface area (TPSA) is 98.9 Å². The van der Waals surface area contributed by atoms with Gasteiger partial charge in [0.2, 0.25) is 5.78 Å². The van der Waals surface area contributed by atoms with Crippen molar-refractivity contribution in [1.82, 2.24) is 0 Å². The summed E-state index contributed by atoms with van der Waals surface area (Å²) in [5, 5.41) is 21.2. The minimum atomic E-state index is -1.75. The van der Waals surface area contributed by atoms with E-state index in [0.29, 0.717) is 5.56 Å². The number of nitrogens with zero attached hydrogens (tertiary/aromatic N) is 1. The number of para-hydroxylation sites is 1. The Hall–Kier alpha value is -2.77. The number of nitro groups is 1. The van der Waals surface area contributed by atoms with Crippen LogP contribution in [-0.4, -0.2) is 29.0 Å². The van der Waals surface area contributed by atoms with Crippen molar-refractivity contribution >= 4 is 11.5 Å². The number of carbonyl (C=O) groups excluding carboxylic acids is 1. The van der Waals surface area contributed by atoms with E-state index in [-0.39, 0.29) is 17.0 Å². The third-order valence-electron chi connectivity index (χ3n) is 3.81. The van der Waals surface area contributed by atoms with Gasteiger partial charge in [-0.15, -0.1) is 0 Å². The summed E-state index contributed by atoms with van der Waals surface area (Å²) < 4.78 is 11.1. The molecule has 7 nitrogen and oxygen atoms in total. The number of aliphatic hydroxyl groups is 1. The summed E-state index contributed by atoms with van der Waals surface area (Å²) in [5.41, 5.74) is 0.451. The number of non-ortho nitro benzene ring substituents is 1. The van der Waals surface area contributed by atoms with Gasteiger partial charge in [0.15, 0.2) is 6.10 Å². The van der Waals surface area contributed by atoms with Crippen molar-refractivity contribution in [2.24, 2.45) is 0 Å². The van der Waals surface area contributed by atoms with Gasteiger partial charge in [0.25, 0.3) is 11.5 Å². The number of fused-ring (bicyclic) bond motifs is 1. The van der Waals surface area contributed by atoms with Crippen molar-refractivity contribution in [3.05, 3.63) is 69.8 Å². The second kappa shape index (κ2) is 5.45. The average molecular weight is 315 g/mol. The van der Waals surface area contributed by atoms with Gasteiger partial charge in [-0.3, -0.25) is 14.9 Å². The maximum Gasteiger partial charge on any atom is 0.270 e. The van der Waals surface area contributed by atoms with E-state index in [1.165, 1.54) is 31.4 Å². The van der Waals surface area contributed by atoms with E-state index < -0.39 is 22.6 Å². The van der Waals surface area contributed by atoms with Crippen LogP contribution in [0.2, 0.25) is 0 Å². The molecule has 0 aromatic heterocycles. The van der Waals surface area contributed by atoms with Crippen LogP contribution in [-0.2, 0) is 10.5 Å². The Morgan fingerprint density at radius 2 is 1.87 bits per heavy atom. The van der Waals surface area contributed by atoms with E-state index in [4.69, 9.17) is 9.47 Å². The van der Waals surface area contributed by atoms with Crippen LogP contribution in [0.1, 0.15) is 15.9 Å². The quantitative estimate of drug-likeness (QED) is 0.687. The first-order valence-electron chi connectivity index (χ1n) is 6.80. The maximum atomic E-state index is 12.4. The zero-order valence-corrected chi connectivity index (χ0v) is 12.1. The van der Waals surface area contributed by atoms with Crippen LogP contribution in [0.15, 0.2) is 48.5 Å². The number of benzene rings is 2. The van der Waals surface area contributed by atoms with E-state index >= 15 is 0 Å². The highest BCUT2D eigenvalue weighted by molar-refractivity contribution is 6.03. The molecular formula is C16H13NO6. The standard InChI is InChI=1S/C16H13NO6/c1-22-16(10-6-8-11(9-7-10)17(20)21)15(19)14(18)12-4-2-3-5-13(12)23-16/h2-9,15,19H,1H3. The number of methoxy groups -OCH3 is 1. The molecule has 0 radical (unpaired) electrons. The number of rotatable bonds is 3. The number of Topliss-reactive ketones (excluding diaryl/α,β-unsaturated/α-hetero) is 1. The molecule has 0 bridgehead atoms. The Bertz CT molecular complexity index is 772. The van der Waals surface area contributed by atoms with Gasteiger partial charge in [0, 0.05) is 24.8 Å². The molecule has 1 heterocycles. The molecule has 0 fully saturated rings. The summed E-state index contributed by atoms with van der Waals surface area (Å²) in [4.78, 5) is 22.6. The molecule has 0 amide bonds. The first-order valence-corrected chi connectivity index (χ1v) is 6.80. The molecule has 0 aliphatic carbocycles. The lowest BCUT2D eigenvalue weighted by atomic mass is 9.90. The van der Waals surface area contributed by atoms with Gasteiger partial charge in [0.1, 0.15) is 5.75 Å². The molecule has 0 saturated carbocycles. The lowest BCUT2D eigenvalue weighted by Crippen LogP contribution is -2.53. The molecule has 2 aromatic rings. The predicted molar refractivity (Wildman–Crippen MR) is 79.2 cm³/mol. The van der Waals surface area contributed by atoms with Gasteiger partial charge in [-0.05, 0) is 24.3 Å². The third-order valence-corrected chi connectivity index (χ3v) is 3.81. The Kier molecular flexibility index (Phi) is 3.59. The van der Waals surface area contributed by atoms with E-state index in [1.54, 1.807) is 24.3 Å². The number of carbonyl (C=O) groups is 1. The summed E-state index contributed by atoms with van der Waals surface area (Å²) in [7, 11) is 1.30.